The molecule has 18 heavy (non-hydrogen) atoms. The monoisotopic (exact) mass is 274 g/mol. The molecule has 0 aliphatic heterocycles. The Bertz CT molecular complexity index is 467. The summed E-state index contributed by atoms with van der Waals surface area (Å²) in [7, 11) is 0. The van der Waals surface area contributed by atoms with Crippen LogP contribution in [0.3, 0.4) is 0 Å². The van der Waals surface area contributed by atoms with E-state index in [1.807, 2.05) is 0 Å². The zero-order chi connectivity index (χ0) is 13.3. The number of benzene rings is 1. The van der Waals surface area contributed by atoms with Gasteiger partial charge in [0.2, 0.25) is 0 Å². The predicted octanol–water partition coefficient (Wildman–Crippen LogP) is 3.16. The molecular formula is C12H13F3N2S. The molecule has 1 saturated carbocycles. The number of alkyl halides is 3. The Balaban J connectivity index is 2.25. The van der Waals surface area contributed by atoms with Gasteiger partial charge in [-0.3, -0.25) is 0 Å². The summed E-state index contributed by atoms with van der Waals surface area (Å²) in [5.74, 6) is 0.617. The lowest BCUT2D eigenvalue weighted by Gasteiger charge is -2.14. The zero-order valence-corrected chi connectivity index (χ0v) is 10.4. The van der Waals surface area contributed by atoms with Crippen molar-refractivity contribution in [3.8, 4) is 0 Å². The first-order chi connectivity index (χ1) is 8.38. The summed E-state index contributed by atoms with van der Waals surface area (Å²) >= 11 is 4.80. The molecule has 2 nitrogen and oxygen atoms in total. The molecule has 0 saturated heterocycles. The fourth-order valence-corrected chi connectivity index (χ4v) is 1.82. The molecule has 98 valence electrons. The van der Waals surface area contributed by atoms with Crippen molar-refractivity contribution in [3.63, 3.8) is 0 Å². The maximum atomic E-state index is 12.6. The summed E-state index contributed by atoms with van der Waals surface area (Å²) in [5, 5.41) is 3.10. The van der Waals surface area contributed by atoms with Gasteiger partial charge in [-0.1, -0.05) is 12.2 Å². The van der Waals surface area contributed by atoms with Crippen molar-refractivity contribution >= 4 is 22.9 Å². The largest absolute Gasteiger partial charge is 0.416 e. The molecule has 0 atom stereocenters. The van der Waals surface area contributed by atoms with Crippen LogP contribution < -0.4 is 11.1 Å². The second-order valence-electron chi connectivity index (χ2n) is 4.45. The molecule has 1 aliphatic carbocycles. The Morgan fingerprint density at radius 2 is 2.06 bits per heavy atom. The van der Waals surface area contributed by atoms with Gasteiger partial charge in [0.15, 0.2) is 0 Å². The Kier molecular flexibility index (Phi) is 3.47. The summed E-state index contributed by atoms with van der Waals surface area (Å²) in [4.78, 5) is -0.0283. The van der Waals surface area contributed by atoms with Crippen molar-refractivity contribution in [1.29, 1.82) is 0 Å². The van der Waals surface area contributed by atoms with Gasteiger partial charge < -0.3 is 11.1 Å². The fraction of sp³-hybridized carbons (Fsp3) is 0.417. The van der Waals surface area contributed by atoms with E-state index in [-0.39, 0.29) is 10.6 Å². The number of nitrogens with one attached hydrogen (secondary N) is 1. The van der Waals surface area contributed by atoms with Crippen LogP contribution in [0.25, 0.3) is 0 Å². The average Bonchev–Trinajstić information content (AvgIpc) is 3.08. The van der Waals surface area contributed by atoms with Crippen LogP contribution >= 0.6 is 12.2 Å². The van der Waals surface area contributed by atoms with Gasteiger partial charge in [0.05, 0.1) is 5.56 Å². The minimum absolute atomic E-state index is 0.0283. The van der Waals surface area contributed by atoms with E-state index in [2.05, 4.69) is 5.32 Å². The van der Waals surface area contributed by atoms with E-state index >= 15 is 0 Å². The average molecular weight is 274 g/mol. The lowest BCUT2D eigenvalue weighted by Crippen LogP contribution is -2.16. The number of rotatable bonds is 4. The van der Waals surface area contributed by atoms with Crippen molar-refractivity contribution in [3.05, 3.63) is 29.3 Å². The summed E-state index contributed by atoms with van der Waals surface area (Å²) in [6.07, 6.45) is -2.05. The Labute approximate surface area is 108 Å². The van der Waals surface area contributed by atoms with E-state index in [1.54, 1.807) is 0 Å². The van der Waals surface area contributed by atoms with Gasteiger partial charge in [0.1, 0.15) is 4.99 Å². The first-order valence-corrected chi connectivity index (χ1v) is 6.03. The van der Waals surface area contributed by atoms with Gasteiger partial charge in [0, 0.05) is 17.8 Å². The maximum absolute atomic E-state index is 12.6. The maximum Gasteiger partial charge on any atom is 0.416 e. The number of halogens is 3. The number of anilines is 1. The molecular weight excluding hydrogens is 261 g/mol. The van der Waals surface area contributed by atoms with Gasteiger partial charge in [-0.25, -0.2) is 0 Å². The summed E-state index contributed by atoms with van der Waals surface area (Å²) < 4.78 is 37.7. The van der Waals surface area contributed by atoms with Crippen LogP contribution in [0.4, 0.5) is 18.9 Å². The third kappa shape index (κ3) is 3.13. The molecule has 1 fully saturated rings. The van der Waals surface area contributed by atoms with Crippen molar-refractivity contribution in [2.45, 2.75) is 19.0 Å². The van der Waals surface area contributed by atoms with Crippen molar-refractivity contribution in [2.75, 3.05) is 11.9 Å². The highest BCUT2D eigenvalue weighted by Crippen LogP contribution is 2.33. The predicted molar refractivity (Wildman–Crippen MR) is 68.5 cm³/mol. The highest BCUT2D eigenvalue weighted by atomic mass is 32.1. The van der Waals surface area contributed by atoms with E-state index in [9.17, 15) is 13.2 Å². The fourth-order valence-electron chi connectivity index (χ4n) is 1.65. The molecule has 0 aromatic heterocycles. The molecule has 0 amide bonds. The number of nitrogens with two attached hydrogens (primary N) is 1. The Morgan fingerprint density at radius 1 is 1.39 bits per heavy atom. The van der Waals surface area contributed by atoms with Crippen LogP contribution in [0.5, 0.6) is 0 Å². The number of hydrogen-bond donors (Lipinski definition) is 2. The Hall–Kier alpha value is -1.30. The van der Waals surface area contributed by atoms with Crippen molar-refractivity contribution in [1.82, 2.24) is 0 Å². The molecule has 6 heteroatoms. The molecule has 2 rings (SSSR count). The van der Waals surface area contributed by atoms with E-state index in [1.165, 1.54) is 6.07 Å². The van der Waals surface area contributed by atoms with Crippen molar-refractivity contribution < 1.29 is 13.2 Å². The van der Waals surface area contributed by atoms with Gasteiger partial charge in [-0.05, 0) is 37.0 Å². The number of thiocarbonyl (C=S) groups is 1. The summed E-state index contributed by atoms with van der Waals surface area (Å²) in [6.45, 7) is 0.751. The Morgan fingerprint density at radius 3 is 2.56 bits per heavy atom. The molecule has 0 heterocycles. The van der Waals surface area contributed by atoms with Gasteiger partial charge in [0.25, 0.3) is 0 Å². The van der Waals surface area contributed by atoms with E-state index < -0.39 is 11.7 Å². The van der Waals surface area contributed by atoms with Crippen LogP contribution in [-0.2, 0) is 6.18 Å². The third-order valence-electron chi connectivity index (χ3n) is 2.89. The summed E-state index contributed by atoms with van der Waals surface area (Å²) in [6, 6.07) is 3.42. The molecule has 0 spiro atoms. The molecule has 0 unspecified atom stereocenters. The van der Waals surface area contributed by atoms with E-state index in [4.69, 9.17) is 18.0 Å². The lowest BCUT2D eigenvalue weighted by atomic mass is 10.1. The van der Waals surface area contributed by atoms with Crippen LogP contribution in [0.2, 0.25) is 0 Å². The lowest BCUT2D eigenvalue weighted by molar-refractivity contribution is -0.137. The molecule has 0 bridgehead atoms. The topological polar surface area (TPSA) is 38.0 Å². The summed E-state index contributed by atoms with van der Waals surface area (Å²) in [5.41, 5.74) is 5.56. The minimum Gasteiger partial charge on any atom is -0.389 e. The number of hydrogen-bond acceptors (Lipinski definition) is 2. The minimum atomic E-state index is -4.38. The third-order valence-corrected chi connectivity index (χ3v) is 3.11. The van der Waals surface area contributed by atoms with E-state index in [0.29, 0.717) is 11.6 Å². The van der Waals surface area contributed by atoms with Crippen LogP contribution in [0, 0.1) is 5.92 Å². The standard InChI is InChI=1S/C12H13F3N2S/c13-12(14,15)8-3-4-10(9(5-8)11(16)18)17-6-7-1-2-7/h3-5,7,17H,1-2,6H2,(H2,16,18). The van der Waals surface area contributed by atoms with Gasteiger partial charge >= 0.3 is 6.18 Å². The van der Waals surface area contributed by atoms with E-state index in [0.717, 1.165) is 31.5 Å². The first-order valence-electron chi connectivity index (χ1n) is 5.63. The zero-order valence-electron chi connectivity index (χ0n) is 9.55. The molecule has 1 aliphatic rings. The van der Waals surface area contributed by atoms with Crippen LogP contribution in [-0.4, -0.2) is 11.5 Å². The van der Waals surface area contributed by atoms with Crippen LogP contribution in [0.1, 0.15) is 24.0 Å². The quantitative estimate of drug-likeness (QED) is 0.828. The smallest absolute Gasteiger partial charge is 0.389 e. The van der Waals surface area contributed by atoms with Gasteiger partial charge in [-0.2, -0.15) is 13.2 Å². The SMILES string of the molecule is NC(=S)c1cc(C(F)(F)F)ccc1NCC1CC1. The van der Waals surface area contributed by atoms with Gasteiger partial charge in [-0.15, -0.1) is 0 Å². The van der Waals surface area contributed by atoms with Crippen LogP contribution in [0.15, 0.2) is 18.2 Å². The molecule has 3 N–H and O–H groups in total. The highest BCUT2D eigenvalue weighted by Gasteiger charge is 2.31. The second-order valence-corrected chi connectivity index (χ2v) is 4.89. The first kappa shape index (κ1) is 13.1. The molecule has 1 aromatic rings. The second kappa shape index (κ2) is 4.76. The normalized spacial score (nSPS) is 15.5. The highest BCUT2D eigenvalue weighted by molar-refractivity contribution is 7.80. The molecule has 0 radical (unpaired) electrons. The molecule has 1 aromatic carbocycles. The van der Waals surface area contributed by atoms with Crippen molar-refractivity contribution in [2.24, 2.45) is 11.7 Å².